The number of hydrogen-bond donors (Lipinski definition) is 0. The van der Waals surface area contributed by atoms with Crippen LogP contribution in [-0.4, -0.2) is 17.8 Å². The van der Waals surface area contributed by atoms with Crippen molar-refractivity contribution in [1.29, 1.82) is 0 Å². The summed E-state index contributed by atoms with van der Waals surface area (Å²) in [5.41, 5.74) is 0.650. The minimum absolute atomic E-state index is 0.233. The molecule has 0 radical (unpaired) electrons. The monoisotopic (exact) mass is 238 g/mol. The van der Waals surface area contributed by atoms with Crippen LogP contribution in [0.1, 0.15) is 27.2 Å². The topological polar surface area (TPSA) is 26.3 Å². The fourth-order valence-corrected chi connectivity index (χ4v) is 2.22. The third-order valence-corrected chi connectivity index (χ3v) is 3.01. The summed E-state index contributed by atoms with van der Waals surface area (Å²) in [4.78, 5) is 12.7. The van der Waals surface area contributed by atoms with E-state index in [4.69, 9.17) is 4.74 Å². The average Bonchev–Trinajstić information content (AvgIpc) is 2.43. The summed E-state index contributed by atoms with van der Waals surface area (Å²) in [5.74, 6) is -0.233. The molecule has 0 bridgehead atoms. The van der Waals surface area contributed by atoms with Gasteiger partial charge in [0.25, 0.3) is 0 Å². The minimum atomic E-state index is -0.233. The van der Waals surface area contributed by atoms with Crippen LogP contribution in [0, 0.1) is 0 Å². The van der Waals surface area contributed by atoms with E-state index in [1.54, 1.807) is 11.8 Å². The predicted octanol–water partition coefficient (Wildman–Crippen LogP) is 3.46. The van der Waals surface area contributed by atoms with Crippen LogP contribution in [0.15, 0.2) is 34.8 Å². The van der Waals surface area contributed by atoms with Gasteiger partial charge in [-0.3, -0.25) is 0 Å². The third kappa shape index (κ3) is 4.27. The summed E-state index contributed by atoms with van der Waals surface area (Å²) in [6, 6.07) is 0. The maximum atomic E-state index is 11.5. The van der Waals surface area contributed by atoms with Crippen molar-refractivity contribution in [3.8, 4) is 0 Å². The Morgan fingerprint density at radius 3 is 2.81 bits per heavy atom. The van der Waals surface area contributed by atoms with Crippen LogP contribution in [0.25, 0.3) is 0 Å². The standard InChI is InChI=1S/C13H18O2S/c1-4-15-13(14)11-6-5-7-12(9-8-11)16-10(2)3/h6-10H,4-5H2,1-3H3. The molecule has 0 unspecified atom stereocenters. The van der Waals surface area contributed by atoms with Gasteiger partial charge in [0, 0.05) is 10.2 Å². The van der Waals surface area contributed by atoms with Gasteiger partial charge in [-0.1, -0.05) is 26.0 Å². The molecular formula is C13H18O2S. The molecule has 0 saturated heterocycles. The van der Waals surface area contributed by atoms with Crippen LogP contribution in [0.5, 0.6) is 0 Å². The number of esters is 1. The summed E-state index contributed by atoms with van der Waals surface area (Å²) in [6.07, 6.45) is 8.65. The lowest BCUT2D eigenvalue weighted by atomic mass is 10.2. The van der Waals surface area contributed by atoms with E-state index in [0.29, 0.717) is 17.4 Å². The first-order valence-corrected chi connectivity index (χ1v) is 6.43. The zero-order valence-corrected chi connectivity index (χ0v) is 10.8. The zero-order valence-electron chi connectivity index (χ0n) is 10.0. The van der Waals surface area contributed by atoms with E-state index in [-0.39, 0.29) is 5.97 Å². The summed E-state index contributed by atoms with van der Waals surface area (Å²) in [5, 5.41) is 0.556. The molecule has 0 atom stereocenters. The van der Waals surface area contributed by atoms with Gasteiger partial charge in [0.15, 0.2) is 0 Å². The molecule has 0 N–H and O–H groups in total. The molecule has 0 fully saturated rings. The average molecular weight is 238 g/mol. The minimum Gasteiger partial charge on any atom is -0.462 e. The second-order valence-corrected chi connectivity index (χ2v) is 5.37. The Morgan fingerprint density at radius 1 is 1.44 bits per heavy atom. The molecule has 0 aromatic rings. The predicted molar refractivity (Wildman–Crippen MR) is 69.3 cm³/mol. The van der Waals surface area contributed by atoms with E-state index in [9.17, 15) is 4.79 Å². The number of thioether (sulfide) groups is 1. The highest BCUT2D eigenvalue weighted by Crippen LogP contribution is 2.25. The highest BCUT2D eigenvalue weighted by atomic mass is 32.2. The molecule has 3 heteroatoms. The van der Waals surface area contributed by atoms with Crippen LogP contribution < -0.4 is 0 Å². The van der Waals surface area contributed by atoms with E-state index in [1.807, 2.05) is 25.2 Å². The van der Waals surface area contributed by atoms with Crippen LogP contribution in [0.2, 0.25) is 0 Å². The van der Waals surface area contributed by atoms with Gasteiger partial charge in [-0.15, -0.1) is 11.8 Å². The number of rotatable bonds is 4. The van der Waals surface area contributed by atoms with Gasteiger partial charge in [0.05, 0.1) is 12.2 Å². The number of carbonyl (C=O) groups excluding carboxylic acids is 1. The van der Waals surface area contributed by atoms with Crippen molar-refractivity contribution in [3.63, 3.8) is 0 Å². The Bertz CT molecular complexity index is 338. The quantitative estimate of drug-likeness (QED) is 0.702. The molecule has 0 aliphatic heterocycles. The summed E-state index contributed by atoms with van der Waals surface area (Å²) >= 11 is 1.80. The fraction of sp³-hybridized carbons (Fsp3) is 0.462. The first kappa shape index (κ1) is 13.1. The Kier molecular flexibility index (Phi) is 5.39. The molecule has 0 saturated carbocycles. The largest absolute Gasteiger partial charge is 0.462 e. The van der Waals surface area contributed by atoms with Crippen molar-refractivity contribution in [2.45, 2.75) is 32.4 Å². The number of hydrogen-bond acceptors (Lipinski definition) is 3. The molecule has 2 nitrogen and oxygen atoms in total. The van der Waals surface area contributed by atoms with Crippen molar-refractivity contribution in [2.75, 3.05) is 6.61 Å². The maximum absolute atomic E-state index is 11.5. The molecule has 1 aliphatic rings. The summed E-state index contributed by atoms with van der Waals surface area (Å²) in [6.45, 7) is 6.55. The molecule has 1 rings (SSSR count). The molecule has 0 spiro atoms. The molecule has 1 aliphatic carbocycles. The fourth-order valence-electron chi connectivity index (χ4n) is 1.34. The molecular weight excluding hydrogens is 220 g/mol. The lowest BCUT2D eigenvalue weighted by molar-refractivity contribution is -0.138. The van der Waals surface area contributed by atoms with Gasteiger partial charge in [-0.2, -0.15) is 0 Å². The zero-order chi connectivity index (χ0) is 12.0. The van der Waals surface area contributed by atoms with Gasteiger partial charge >= 0.3 is 5.97 Å². The summed E-state index contributed by atoms with van der Waals surface area (Å²) < 4.78 is 4.96. The molecule has 0 aromatic heterocycles. The Hall–Kier alpha value is -0.960. The second-order valence-electron chi connectivity index (χ2n) is 3.72. The van der Waals surface area contributed by atoms with Gasteiger partial charge in [-0.25, -0.2) is 4.79 Å². The summed E-state index contributed by atoms with van der Waals surface area (Å²) in [7, 11) is 0. The lowest BCUT2D eigenvalue weighted by Gasteiger charge is -2.04. The Morgan fingerprint density at radius 2 is 2.19 bits per heavy atom. The molecule has 0 aromatic carbocycles. The number of allylic oxidation sites excluding steroid dienone is 3. The Labute approximate surface area is 101 Å². The smallest absolute Gasteiger partial charge is 0.337 e. The first-order valence-electron chi connectivity index (χ1n) is 5.55. The van der Waals surface area contributed by atoms with Gasteiger partial charge in [0.2, 0.25) is 0 Å². The van der Waals surface area contributed by atoms with Crippen molar-refractivity contribution in [2.24, 2.45) is 0 Å². The van der Waals surface area contributed by atoms with Crippen LogP contribution in [0.3, 0.4) is 0 Å². The van der Waals surface area contributed by atoms with Crippen LogP contribution in [-0.2, 0) is 9.53 Å². The molecule has 88 valence electrons. The van der Waals surface area contributed by atoms with Gasteiger partial charge in [0.1, 0.15) is 0 Å². The molecule has 16 heavy (non-hydrogen) atoms. The van der Waals surface area contributed by atoms with Crippen molar-refractivity contribution < 1.29 is 9.53 Å². The van der Waals surface area contributed by atoms with Crippen LogP contribution >= 0.6 is 11.8 Å². The van der Waals surface area contributed by atoms with Gasteiger partial charge < -0.3 is 4.74 Å². The van der Waals surface area contributed by atoms with E-state index >= 15 is 0 Å². The normalized spacial score (nSPS) is 15.5. The van der Waals surface area contributed by atoms with Gasteiger partial charge in [-0.05, 0) is 25.5 Å². The lowest BCUT2D eigenvalue weighted by Crippen LogP contribution is -2.05. The van der Waals surface area contributed by atoms with E-state index in [0.717, 1.165) is 6.42 Å². The highest BCUT2D eigenvalue weighted by Gasteiger charge is 2.09. The second kappa shape index (κ2) is 6.59. The molecule has 0 amide bonds. The van der Waals surface area contributed by atoms with E-state index < -0.39 is 0 Å². The first-order chi connectivity index (χ1) is 7.63. The van der Waals surface area contributed by atoms with Crippen molar-refractivity contribution in [3.05, 3.63) is 34.8 Å². The molecule has 0 heterocycles. The maximum Gasteiger partial charge on any atom is 0.337 e. The Balaban J connectivity index is 2.63. The van der Waals surface area contributed by atoms with E-state index in [2.05, 4.69) is 19.9 Å². The van der Waals surface area contributed by atoms with Crippen LogP contribution in [0.4, 0.5) is 0 Å². The highest BCUT2D eigenvalue weighted by molar-refractivity contribution is 8.03. The third-order valence-electron chi connectivity index (χ3n) is 1.97. The number of ether oxygens (including phenoxy) is 1. The van der Waals surface area contributed by atoms with Crippen molar-refractivity contribution in [1.82, 2.24) is 0 Å². The number of carbonyl (C=O) groups is 1. The van der Waals surface area contributed by atoms with E-state index in [1.165, 1.54) is 4.91 Å². The SMILES string of the molecule is CCOC(=O)C1=CCC=C(SC(C)C)C=C1. The van der Waals surface area contributed by atoms with Crippen molar-refractivity contribution >= 4 is 17.7 Å².